The minimum Gasteiger partial charge on any atom is -0.497 e. The number of imidazole rings is 1. The zero-order chi connectivity index (χ0) is 17.3. The van der Waals surface area contributed by atoms with Gasteiger partial charge in [-0.1, -0.05) is 17.7 Å². The van der Waals surface area contributed by atoms with Crippen molar-refractivity contribution in [1.82, 2.24) is 9.55 Å². The molecule has 0 spiro atoms. The van der Waals surface area contributed by atoms with E-state index in [1.54, 1.807) is 18.2 Å². The number of halogens is 3. The van der Waals surface area contributed by atoms with E-state index in [-0.39, 0.29) is 11.6 Å². The summed E-state index contributed by atoms with van der Waals surface area (Å²) in [5.41, 5.74) is 0.662. The molecule has 0 amide bonds. The number of nitrogens with zero attached hydrogens (tertiary/aromatic N) is 2. The summed E-state index contributed by atoms with van der Waals surface area (Å²) in [4.78, 5) is 4.21. The highest BCUT2D eigenvalue weighted by Gasteiger charge is 2.21. The fourth-order valence-corrected chi connectivity index (χ4v) is 2.67. The Morgan fingerprint density at radius 2 is 1.75 bits per heavy atom. The SMILES string of the molecule is COc1ccc(-c2ncn(-c3c(F)cccc3F)c2OC)c(Cl)c1. The molecule has 0 saturated heterocycles. The Hall–Kier alpha value is -2.60. The molecule has 4 nitrogen and oxygen atoms in total. The van der Waals surface area contributed by atoms with E-state index in [2.05, 4.69) is 4.98 Å². The smallest absolute Gasteiger partial charge is 0.226 e. The van der Waals surface area contributed by atoms with E-state index in [9.17, 15) is 8.78 Å². The van der Waals surface area contributed by atoms with Crippen molar-refractivity contribution in [3.8, 4) is 28.6 Å². The lowest BCUT2D eigenvalue weighted by molar-refractivity contribution is 0.388. The van der Waals surface area contributed by atoms with Crippen molar-refractivity contribution < 1.29 is 18.3 Å². The van der Waals surface area contributed by atoms with Crippen LogP contribution in [0.1, 0.15) is 0 Å². The predicted molar refractivity (Wildman–Crippen MR) is 87.0 cm³/mol. The Labute approximate surface area is 142 Å². The molecule has 0 saturated carbocycles. The van der Waals surface area contributed by atoms with E-state index in [1.165, 1.54) is 31.2 Å². The Morgan fingerprint density at radius 1 is 1.04 bits per heavy atom. The van der Waals surface area contributed by atoms with Crippen LogP contribution in [0.2, 0.25) is 5.02 Å². The summed E-state index contributed by atoms with van der Waals surface area (Å²) in [7, 11) is 2.93. The highest BCUT2D eigenvalue weighted by atomic mass is 35.5. The molecule has 0 bridgehead atoms. The van der Waals surface area contributed by atoms with Crippen LogP contribution in [0.5, 0.6) is 11.6 Å². The van der Waals surface area contributed by atoms with E-state index < -0.39 is 11.6 Å². The molecule has 0 fully saturated rings. The molecule has 0 N–H and O–H groups in total. The zero-order valence-electron chi connectivity index (χ0n) is 12.9. The molecular weight excluding hydrogens is 338 g/mol. The Bertz CT molecular complexity index is 876. The van der Waals surface area contributed by atoms with Crippen molar-refractivity contribution >= 4 is 11.6 Å². The first-order chi connectivity index (χ1) is 11.6. The molecule has 0 aliphatic heterocycles. The summed E-state index contributed by atoms with van der Waals surface area (Å²) in [6.07, 6.45) is 1.29. The molecule has 24 heavy (non-hydrogen) atoms. The maximum Gasteiger partial charge on any atom is 0.226 e. The highest BCUT2D eigenvalue weighted by Crippen LogP contribution is 2.37. The molecule has 124 valence electrons. The molecule has 0 atom stereocenters. The Kier molecular flexibility index (Phi) is 4.40. The van der Waals surface area contributed by atoms with Crippen molar-refractivity contribution in [3.05, 3.63) is 59.4 Å². The Balaban J connectivity index is 2.18. The van der Waals surface area contributed by atoms with Gasteiger partial charge in [0.25, 0.3) is 0 Å². The average Bonchev–Trinajstić information content (AvgIpc) is 2.98. The summed E-state index contributed by atoms with van der Waals surface area (Å²) in [6, 6.07) is 8.66. The monoisotopic (exact) mass is 350 g/mol. The van der Waals surface area contributed by atoms with Gasteiger partial charge in [-0.05, 0) is 30.3 Å². The summed E-state index contributed by atoms with van der Waals surface area (Å²) >= 11 is 6.26. The molecule has 3 aromatic rings. The van der Waals surface area contributed by atoms with E-state index in [4.69, 9.17) is 21.1 Å². The molecule has 2 aromatic carbocycles. The fourth-order valence-electron chi connectivity index (χ4n) is 2.41. The molecule has 0 aliphatic carbocycles. The third-order valence-corrected chi connectivity index (χ3v) is 3.84. The molecular formula is C17H13ClF2N2O2. The van der Waals surface area contributed by atoms with Crippen molar-refractivity contribution in [3.63, 3.8) is 0 Å². The van der Waals surface area contributed by atoms with Gasteiger partial charge in [-0.3, -0.25) is 4.57 Å². The van der Waals surface area contributed by atoms with Gasteiger partial charge < -0.3 is 9.47 Å². The van der Waals surface area contributed by atoms with Crippen LogP contribution in [0.25, 0.3) is 16.9 Å². The second kappa shape index (κ2) is 6.49. The second-order valence-corrected chi connectivity index (χ2v) is 5.30. The van der Waals surface area contributed by atoms with Gasteiger partial charge in [0, 0.05) is 5.56 Å². The lowest BCUT2D eigenvalue weighted by Crippen LogP contribution is -2.03. The number of aromatic nitrogens is 2. The van der Waals surface area contributed by atoms with E-state index in [0.717, 1.165) is 12.1 Å². The lowest BCUT2D eigenvalue weighted by atomic mass is 10.1. The number of hydrogen-bond donors (Lipinski definition) is 0. The maximum atomic E-state index is 14.1. The third kappa shape index (κ3) is 2.69. The highest BCUT2D eigenvalue weighted by molar-refractivity contribution is 6.33. The molecule has 7 heteroatoms. The van der Waals surface area contributed by atoms with Crippen molar-refractivity contribution in [2.24, 2.45) is 0 Å². The minimum atomic E-state index is -0.724. The van der Waals surface area contributed by atoms with Crippen LogP contribution in [-0.4, -0.2) is 23.8 Å². The molecule has 0 aliphatic rings. The van der Waals surface area contributed by atoms with Crippen LogP contribution >= 0.6 is 11.6 Å². The number of ether oxygens (including phenoxy) is 2. The molecule has 1 aromatic heterocycles. The largest absolute Gasteiger partial charge is 0.497 e. The van der Waals surface area contributed by atoms with E-state index >= 15 is 0 Å². The van der Waals surface area contributed by atoms with E-state index in [0.29, 0.717) is 22.0 Å². The van der Waals surface area contributed by atoms with Crippen LogP contribution in [0.4, 0.5) is 8.78 Å². The molecule has 3 rings (SSSR count). The second-order valence-electron chi connectivity index (χ2n) is 4.89. The summed E-state index contributed by atoms with van der Waals surface area (Å²) < 4.78 is 39.8. The standard InChI is InChI=1S/C17H13ClF2N2O2/c1-23-10-6-7-11(12(18)8-10)15-17(24-2)22(9-21-15)16-13(19)4-3-5-14(16)20/h3-9H,1-2H3. The van der Waals surface area contributed by atoms with Gasteiger partial charge in [0.2, 0.25) is 5.88 Å². The predicted octanol–water partition coefficient (Wildman–Crippen LogP) is 4.49. The number of methoxy groups -OCH3 is 2. The summed E-state index contributed by atoms with van der Waals surface area (Å²) in [5, 5.41) is 0.381. The fraction of sp³-hybridized carbons (Fsp3) is 0.118. The first-order valence-corrected chi connectivity index (χ1v) is 7.34. The topological polar surface area (TPSA) is 36.3 Å². The summed E-state index contributed by atoms with van der Waals surface area (Å²) in [6.45, 7) is 0. The average molecular weight is 351 g/mol. The van der Waals surface area contributed by atoms with Gasteiger partial charge in [0.1, 0.15) is 35.1 Å². The normalized spacial score (nSPS) is 10.7. The van der Waals surface area contributed by atoms with Gasteiger partial charge in [-0.2, -0.15) is 0 Å². The van der Waals surface area contributed by atoms with Crippen LogP contribution < -0.4 is 9.47 Å². The molecule has 0 unspecified atom stereocenters. The third-order valence-electron chi connectivity index (χ3n) is 3.53. The van der Waals surface area contributed by atoms with Crippen molar-refractivity contribution in [1.29, 1.82) is 0 Å². The van der Waals surface area contributed by atoms with Crippen LogP contribution in [0, 0.1) is 11.6 Å². The van der Waals surface area contributed by atoms with Crippen molar-refractivity contribution in [2.45, 2.75) is 0 Å². The number of rotatable bonds is 4. The van der Waals surface area contributed by atoms with Crippen molar-refractivity contribution in [2.75, 3.05) is 14.2 Å². The minimum absolute atomic E-state index is 0.172. The number of para-hydroxylation sites is 1. The lowest BCUT2D eigenvalue weighted by Gasteiger charge is -2.11. The van der Waals surface area contributed by atoms with Crippen LogP contribution in [-0.2, 0) is 0 Å². The van der Waals surface area contributed by atoms with Gasteiger partial charge in [0.15, 0.2) is 0 Å². The number of hydrogen-bond acceptors (Lipinski definition) is 3. The summed E-state index contributed by atoms with van der Waals surface area (Å²) in [5.74, 6) is -0.690. The van der Waals surface area contributed by atoms with Gasteiger partial charge in [-0.25, -0.2) is 13.8 Å². The van der Waals surface area contributed by atoms with Crippen LogP contribution in [0.15, 0.2) is 42.7 Å². The number of benzene rings is 2. The van der Waals surface area contributed by atoms with Crippen LogP contribution in [0.3, 0.4) is 0 Å². The molecule has 1 heterocycles. The van der Waals surface area contributed by atoms with Gasteiger partial charge in [-0.15, -0.1) is 0 Å². The Morgan fingerprint density at radius 3 is 2.33 bits per heavy atom. The zero-order valence-corrected chi connectivity index (χ0v) is 13.6. The van der Waals surface area contributed by atoms with Gasteiger partial charge in [0.05, 0.1) is 19.2 Å². The molecule has 0 radical (unpaired) electrons. The first-order valence-electron chi connectivity index (χ1n) is 6.96. The maximum absolute atomic E-state index is 14.1. The van der Waals surface area contributed by atoms with E-state index in [1.807, 2.05) is 0 Å². The first kappa shape index (κ1) is 16.3. The quantitative estimate of drug-likeness (QED) is 0.695. The van der Waals surface area contributed by atoms with Gasteiger partial charge >= 0.3 is 0 Å².